The third-order valence-corrected chi connectivity index (χ3v) is 1.40. The van der Waals surface area contributed by atoms with Gasteiger partial charge in [0.2, 0.25) is 0 Å². The minimum atomic E-state index is -0.498. The second kappa shape index (κ2) is 4.10. The molecule has 0 aliphatic heterocycles. The number of hydrogen-bond donors (Lipinski definition) is 0. The van der Waals surface area contributed by atoms with Gasteiger partial charge in [-0.05, 0) is 29.3 Å². The van der Waals surface area contributed by atoms with Crippen LogP contribution in [0.1, 0.15) is 11.1 Å². The van der Waals surface area contributed by atoms with Crippen LogP contribution in [0.3, 0.4) is 0 Å². The van der Waals surface area contributed by atoms with Gasteiger partial charge >= 0.3 is 0 Å². The fraction of sp³-hybridized carbons (Fsp3) is 0.125. The maximum Gasteiger partial charge on any atom is 0.124 e. The Morgan fingerprint density at radius 1 is 1.54 bits per heavy atom. The number of nitriles is 1. The van der Waals surface area contributed by atoms with Gasteiger partial charge in [-0.25, -0.2) is 4.39 Å². The van der Waals surface area contributed by atoms with E-state index >= 15 is 0 Å². The summed E-state index contributed by atoms with van der Waals surface area (Å²) in [6.45, 7) is 0.0585. The smallest absolute Gasteiger partial charge is 0.124 e. The molecule has 64 valence electrons. The minimum Gasteiger partial charge on any atom is -0.207 e. The molecule has 0 heterocycles. The summed E-state index contributed by atoms with van der Waals surface area (Å²) in [6, 6.07) is 5.65. The molecule has 0 atom stereocenters. The molecule has 0 aliphatic rings. The predicted molar refractivity (Wildman–Crippen MR) is 44.0 cm³/mol. The fourth-order valence-corrected chi connectivity index (χ4v) is 0.920. The van der Waals surface area contributed by atoms with Crippen LogP contribution in [-0.4, -0.2) is 0 Å². The first-order chi connectivity index (χ1) is 6.26. The van der Waals surface area contributed by atoms with Crippen molar-refractivity contribution in [2.24, 2.45) is 5.11 Å². The van der Waals surface area contributed by atoms with Crippen LogP contribution in [0.5, 0.6) is 0 Å². The van der Waals surface area contributed by atoms with Crippen molar-refractivity contribution in [3.8, 4) is 6.07 Å². The number of halogens is 1. The third kappa shape index (κ3) is 2.47. The highest BCUT2D eigenvalue weighted by molar-refractivity contribution is 5.33. The topological polar surface area (TPSA) is 72.5 Å². The lowest BCUT2D eigenvalue weighted by Gasteiger charge is -1.96. The van der Waals surface area contributed by atoms with Gasteiger partial charge in [-0.3, -0.25) is 0 Å². The van der Waals surface area contributed by atoms with Crippen LogP contribution in [0.15, 0.2) is 23.3 Å². The van der Waals surface area contributed by atoms with Gasteiger partial charge in [-0.15, -0.1) is 0 Å². The van der Waals surface area contributed by atoms with E-state index in [2.05, 4.69) is 10.0 Å². The zero-order chi connectivity index (χ0) is 9.68. The molecule has 1 aromatic carbocycles. The Labute approximate surface area is 73.9 Å². The predicted octanol–water partition coefficient (Wildman–Crippen LogP) is 2.51. The standard InChI is InChI=1S/C8H5FN4/c9-8-2-6(4-10)1-7(3-8)5-12-13-11/h1-3H,5H2. The van der Waals surface area contributed by atoms with Gasteiger partial charge in [0, 0.05) is 4.91 Å². The van der Waals surface area contributed by atoms with Crippen LogP contribution in [0.2, 0.25) is 0 Å². The Hall–Kier alpha value is -2.05. The first-order valence-corrected chi connectivity index (χ1v) is 3.46. The molecule has 0 unspecified atom stereocenters. The lowest BCUT2D eigenvalue weighted by Crippen LogP contribution is -1.86. The third-order valence-electron chi connectivity index (χ3n) is 1.40. The molecule has 5 heteroatoms. The summed E-state index contributed by atoms with van der Waals surface area (Å²) in [4.78, 5) is 2.54. The second-order valence-electron chi connectivity index (χ2n) is 2.35. The maximum absolute atomic E-state index is 12.8. The number of hydrogen-bond acceptors (Lipinski definition) is 2. The van der Waals surface area contributed by atoms with Crippen molar-refractivity contribution in [1.82, 2.24) is 0 Å². The van der Waals surface area contributed by atoms with Gasteiger partial charge in [0.25, 0.3) is 0 Å². The molecule has 0 aromatic heterocycles. The van der Waals surface area contributed by atoms with Crippen LogP contribution >= 0.6 is 0 Å². The molecule has 4 nitrogen and oxygen atoms in total. The molecule has 0 aliphatic carbocycles. The number of benzene rings is 1. The summed E-state index contributed by atoms with van der Waals surface area (Å²) < 4.78 is 12.8. The van der Waals surface area contributed by atoms with Gasteiger partial charge in [-0.2, -0.15) is 5.26 Å². The average molecular weight is 176 g/mol. The van der Waals surface area contributed by atoms with E-state index in [1.165, 1.54) is 12.1 Å². The minimum absolute atomic E-state index is 0.0585. The zero-order valence-corrected chi connectivity index (χ0v) is 6.61. The molecule has 1 rings (SSSR count). The molecular weight excluding hydrogens is 171 g/mol. The zero-order valence-electron chi connectivity index (χ0n) is 6.61. The quantitative estimate of drug-likeness (QED) is 0.387. The Morgan fingerprint density at radius 2 is 2.31 bits per heavy atom. The summed E-state index contributed by atoms with van der Waals surface area (Å²) in [6.07, 6.45) is 0. The summed E-state index contributed by atoms with van der Waals surface area (Å²) in [5, 5.41) is 11.8. The van der Waals surface area contributed by atoms with Crippen LogP contribution in [0.25, 0.3) is 10.4 Å². The van der Waals surface area contributed by atoms with Crippen molar-refractivity contribution in [3.05, 3.63) is 45.6 Å². The molecule has 1 aromatic rings. The van der Waals surface area contributed by atoms with E-state index in [9.17, 15) is 4.39 Å². The second-order valence-corrected chi connectivity index (χ2v) is 2.35. The lowest BCUT2D eigenvalue weighted by atomic mass is 10.1. The van der Waals surface area contributed by atoms with E-state index in [4.69, 9.17) is 10.8 Å². The number of azide groups is 1. The first kappa shape index (κ1) is 9.04. The van der Waals surface area contributed by atoms with E-state index in [1.807, 2.05) is 6.07 Å². The Morgan fingerprint density at radius 3 is 2.92 bits per heavy atom. The molecule has 0 saturated carbocycles. The van der Waals surface area contributed by atoms with Crippen LogP contribution < -0.4 is 0 Å². The van der Waals surface area contributed by atoms with Crippen LogP contribution in [-0.2, 0) is 6.54 Å². The summed E-state index contributed by atoms with van der Waals surface area (Å²) in [7, 11) is 0. The monoisotopic (exact) mass is 176 g/mol. The van der Waals surface area contributed by atoms with Crippen molar-refractivity contribution in [3.63, 3.8) is 0 Å². The molecule has 13 heavy (non-hydrogen) atoms. The van der Waals surface area contributed by atoms with E-state index in [0.29, 0.717) is 5.56 Å². The molecule has 0 saturated heterocycles. The molecule has 0 fully saturated rings. The SMILES string of the molecule is N#Cc1cc(F)cc(CN=[N+]=[N-])c1. The Balaban J connectivity index is 3.02. The van der Waals surface area contributed by atoms with Gasteiger partial charge in [0.05, 0.1) is 18.2 Å². The summed E-state index contributed by atoms with van der Waals surface area (Å²) in [5.41, 5.74) is 8.74. The van der Waals surface area contributed by atoms with Crippen LogP contribution in [0, 0.1) is 17.1 Å². The van der Waals surface area contributed by atoms with Crippen LogP contribution in [0.4, 0.5) is 4.39 Å². The molecule has 0 amide bonds. The molecule has 0 radical (unpaired) electrons. The van der Waals surface area contributed by atoms with Crippen molar-refractivity contribution in [2.75, 3.05) is 0 Å². The van der Waals surface area contributed by atoms with Crippen molar-refractivity contribution >= 4 is 0 Å². The van der Waals surface area contributed by atoms with Crippen molar-refractivity contribution in [1.29, 1.82) is 5.26 Å². The van der Waals surface area contributed by atoms with E-state index in [-0.39, 0.29) is 12.1 Å². The van der Waals surface area contributed by atoms with Crippen molar-refractivity contribution < 1.29 is 4.39 Å². The fourth-order valence-electron chi connectivity index (χ4n) is 0.920. The van der Waals surface area contributed by atoms with Gasteiger partial charge in [0.1, 0.15) is 5.82 Å². The summed E-state index contributed by atoms with van der Waals surface area (Å²) in [5.74, 6) is -0.498. The Kier molecular flexibility index (Phi) is 2.85. The van der Waals surface area contributed by atoms with Gasteiger partial charge < -0.3 is 0 Å². The number of rotatable bonds is 2. The molecule has 0 spiro atoms. The van der Waals surface area contributed by atoms with Gasteiger partial charge in [-0.1, -0.05) is 5.11 Å². The average Bonchev–Trinajstić information content (AvgIpc) is 2.14. The summed E-state index contributed by atoms with van der Waals surface area (Å²) >= 11 is 0. The van der Waals surface area contributed by atoms with E-state index in [1.54, 1.807) is 0 Å². The van der Waals surface area contributed by atoms with E-state index in [0.717, 1.165) is 6.07 Å². The lowest BCUT2D eigenvalue weighted by molar-refractivity contribution is 0.625. The first-order valence-electron chi connectivity index (χ1n) is 3.46. The highest BCUT2D eigenvalue weighted by atomic mass is 19.1. The molecule has 0 N–H and O–H groups in total. The largest absolute Gasteiger partial charge is 0.207 e. The van der Waals surface area contributed by atoms with E-state index < -0.39 is 5.82 Å². The molecular formula is C8H5FN4. The Bertz CT molecular complexity index is 401. The highest BCUT2D eigenvalue weighted by Gasteiger charge is 1.98. The maximum atomic E-state index is 12.8. The normalized spacial score (nSPS) is 8.62. The number of nitrogens with zero attached hydrogens (tertiary/aromatic N) is 4. The van der Waals surface area contributed by atoms with Crippen molar-refractivity contribution in [2.45, 2.75) is 6.54 Å². The van der Waals surface area contributed by atoms with Gasteiger partial charge in [0.15, 0.2) is 0 Å². The highest BCUT2D eigenvalue weighted by Crippen LogP contribution is 2.09. The molecule has 0 bridgehead atoms.